The summed E-state index contributed by atoms with van der Waals surface area (Å²) in [7, 11) is 0. The second-order valence-corrected chi connectivity index (χ2v) is 2.75. The number of nitrogens with two attached hydrogens (primary N) is 4. The third-order valence-electron chi connectivity index (χ3n) is 1.11. The normalized spacial score (nSPS) is 5.56. The van der Waals surface area contributed by atoms with Crippen molar-refractivity contribution in [2.45, 2.75) is 13.8 Å². The van der Waals surface area contributed by atoms with Crippen LogP contribution in [0, 0.1) is 5.41 Å². The van der Waals surface area contributed by atoms with Crippen molar-refractivity contribution in [3.63, 3.8) is 0 Å². The van der Waals surface area contributed by atoms with E-state index in [1.54, 1.807) is 0 Å². The quantitative estimate of drug-likeness (QED) is 0.303. The molecule has 0 fully saturated rings. The average molecular weight is 409 g/mol. The Kier molecular flexibility index (Phi) is 126. The van der Waals surface area contributed by atoms with Gasteiger partial charge in [-0.1, -0.05) is 13.8 Å². The number of nitrogens with zero attached hydrogens (tertiary/aromatic N) is 6. The molecule has 0 bridgehead atoms. The van der Waals surface area contributed by atoms with Gasteiger partial charge in [0.15, 0.2) is 0 Å². The van der Waals surface area contributed by atoms with Crippen LogP contribution in [0.2, 0.25) is 0 Å². The summed E-state index contributed by atoms with van der Waals surface area (Å²) in [5, 5.41) is 0. The van der Waals surface area contributed by atoms with Crippen molar-refractivity contribution < 1.29 is 51.2 Å². The number of hydrogen-bond acceptors (Lipinski definition) is 2. The molecular weight excluding hydrogens is 391 g/mol. The number of hydrogen-bond donors (Lipinski definition) is 2. The molecule has 0 aliphatic carbocycles. The summed E-state index contributed by atoms with van der Waals surface area (Å²) in [6.45, 7) is 5.44. The molecule has 0 atom stereocenters. The van der Waals surface area contributed by atoms with Crippen molar-refractivity contribution in [3.8, 4) is 0 Å². The monoisotopic (exact) mass is 407 g/mol. The standard InChI is InChI=1S/C5H14N2.3Cu.2N3.2H2N/c1-5(2,3-6)4-7;;;;2*1-3-2;;/h3-4,6-7H2,1-2H3;;;;;;2*1H2/q;;2*+1;4*-1. The van der Waals surface area contributed by atoms with Crippen molar-refractivity contribution >= 4 is 0 Å². The van der Waals surface area contributed by atoms with E-state index in [1.165, 1.54) is 9.82 Å². The van der Waals surface area contributed by atoms with Crippen molar-refractivity contribution in [2.75, 3.05) is 13.1 Å². The fourth-order valence-corrected chi connectivity index (χ4v) is 0.0833. The van der Waals surface area contributed by atoms with Gasteiger partial charge in [-0.25, -0.2) is 0 Å². The summed E-state index contributed by atoms with van der Waals surface area (Å²) in [6, 6.07) is 0. The van der Waals surface area contributed by atoms with E-state index in [4.69, 9.17) is 33.6 Å². The van der Waals surface area contributed by atoms with E-state index in [1.807, 2.05) is 13.8 Å². The van der Waals surface area contributed by atoms with Crippen molar-refractivity contribution in [3.05, 3.63) is 44.2 Å². The van der Waals surface area contributed by atoms with Gasteiger partial charge >= 0.3 is 34.1 Å². The third kappa shape index (κ3) is 99.7. The zero-order valence-corrected chi connectivity index (χ0v) is 12.6. The SMILES string of the molecule is CC(C)(CN)CN.[Cu+].[Cu+].[Cu].[N-]=[N+]=[N-].[N-]=[N+]=[N-].[NH2-].[NH2-]. The van der Waals surface area contributed by atoms with Gasteiger partial charge in [-0.3, -0.25) is 9.82 Å². The third-order valence-corrected chi connectivity index (χ3v) is 1.11. The molecule has 13 heteroatoms. The molecule has 0 rings (SSSR count). The van der Waals surface area contributed by atoms with Gasteiger partial charge in [0.05, 0.1) is 0 Å². The van der Waals surface area contributed by atoms with Crippen LogP contribution in [-0.4, -0.2) is 13.1 Å². The molecule has 0 amide bonds. The van der Waals surface area contributed by atoms with E-state index >= 15 is 0 Å². The van der Waals surface area contributed by atoms with Crippen LogP contribution in [0.5, 0.6) is 0 Å². The molecule has 0 aromatic rings. The molecule has 18 heavy (non-hydrogen) atoms. The van der Waals surface area contributed by atoms with E-state index < -0.39 is 0 Å². The molecule has 0 spiro atoms. The summed E-state index contributed by atoms with van der Waals surface area (Å²) < 4.78 is 0. The molecule has 123 valence electrons. The van der Waals surface area contributed by atoms with Gasteiger partial charge in [0.2, 0.25) is 0 Å². The smallest absolute Gasteiger partial charge is 0.693 e. The van der Waals surface area contributed by atoms with Crippen molar-refractivity contribution in [1.29, 1.82) is 0 Å². The van der Waals surface area contributed by atoms with Crippen LogP contribution in [0.1, 0.15) is 13.8 Å². The Hall–Kier alpha value is 0.0184. The molecule has 0 unspecified atom stereocenters. The first kappa shape index (κ1) is 52.0. The summed E-state index contributed by atoms with van der Waals surface area (Å²) in [4.78, 5) is 3.00. The minimum Gasteiger partial charge on any atom is -0.693 e. The van der Waals surface area contributed by atoms with E-state index in [0.717, 1.165) is 0 Å². The van der Waals surface area contributed by atoms with Crippen molar-refractivity contribution in [2.24, 2.45) is 16.9 Å². The first-order valence-electron chi connectivity index (χ1n) is 3.32. The van der Waals surface area contributed by atoms with Gasteiger partial charge in [-0.2, -0.15) is 0 Å². The maximum atomic E-state index is 6.75. The van der Waals surface area contributed by atoms with Gasteiger partial charge in [-0.05, 0) is 18.5 Å². The van der Waals surface area contributed by atoms with Gasteiger partial charge < -0.3 is 45.9 Å². The number of rotatable bonds is 2. The fourth-order valence-electron chi connectivity index (χ4n) is 0.0833. The summed E-state index contributed by atoms with van der Waals surface area (Å²) in [5.41, 5.74) is 37.8. The Balaban J connectivity index is -0.0000000135. The molecule has 1 radical (unpaired) electrons. The fraction of sp³-hybridized carbons (Fsp3) is 1.00. The van der Waals surface area contributed by atoms with E-state index in [0.29, 0.717) is 13.1 Å². The van der Waals surface area contributed by atoms with Crippen LogP contribution in [0.4, 0.5) is 0 Å². The predicted octanol–water partition coefficient (Wildman–Crippen LogP) is 3.09. The molecule has 0 aliphatic heterocycles. The minimum absolute atomic E-state index is 0. The van der Waals surface area contributed by atoms with Crippen LogP contribution in [0.15, 0.2) is 0 Å². The van der Waals surface area contributed by atoms with E-state index in [9.17, 15) is 0 Å². The van der Waals surface area contributed by atoms with Gasteiger partial charge in [0.1, 0.15) is 0 Å². The largest absolute Gasteiger partial charge is 1.00 e. The molecular formula is C5H18Cu3N10-2. The van der Waals surface area contributed by atoms with Crippen LogP contribution >= 0.6 is 0 Å². The molecule has 0 aliphatic rings. The van der Waals surface area contributed by atoms with Gasteiger partial charge in [-0.15, -0.1) is 0 Å². The zero-order valence-electron chi connectivity index (χ0n) is 9.81. The van der Waals surface area contributed by atoms with Crippen LogP contribution in [0.25, 0.3) is 44.2 Å². The Morgan fingerprint density at radius 2 is 0.944 bits per heavy atom. The molecule has 0 aromatic heterocycles. The minimum atomic E-state index is 0. The second kappa shape index (κ2) is 43.5. The van der Waals surface area contributed by atoms with Gasteiger partial charge in [0.25, 0.3) is 0 Å². The average Bonchev–Trinajstić information content (AvgIpc) is 2.08. The first-order valence-corrected chi connectivity index (χ1v) is 3.32. The van der Waals surface area contributed by atoms with Crippen LogP contribution < -0.4 is 11.5 Å². The Morgan fingerprint density at radius 1 is 0.833 bits per heavy atom. The summed E-state index contributed by atoms with van der Waals surface area (Å²) in [5.74, 6) is 0. The maximum Gasteiger partial charge on any atom is 1.00 e. The Labute approximate surface area is 139 Å². The Morgan fingerprint density at radius 3 is 0.944 bits per heavy atom. The topological polar surface area (TPSA) is 236 Å². The molecule has 8 N–H and O–H groups in total. The summed E-state index contributed by atoms with van der Waals surface area (Å²) >= 11 is 0. The van der Waals surface area contributed by atoms with Crippen LogP contribution in [-0.2, 0) is 51.2 Å². The summed E-state index contributed by atoms with van der Waals surface area (Å²) in [6.07, 6.45) is 0. The second-order valence-electron chi connectivity index (χ2n) is 2.75. The van der Waals surface area contributed by atoms with E-state index in [2.05, 4.69) is 0 Å². The molecule has 0 aromatic carbocycles. The maximum absolute atomic E-state index is 6.75. The predicted molar refractivity (Wildman–Crippen MR) is 62.6 cm³/mol. The van der Waals surface area contributed by atoms with Crippen molar-refractivity contribution in [1.82, 2.24) is 0 Å². The Bertz CT molecular complexity index is 156. The zero-order chi connectivity index (χ0) is 11.3. The van der Waals surface area contributed by atoms with Gasteiger partial charge in [0, 0.05) is 17.1 Å². The molecule has 0 saturated heterocycles. The molecule has 0 heterocycles. The van der Waals surface area contributed by atoms with Crippen LogP contribution in [0.3, 0.4) is 0 Å². The molecule has 10 nitrogen and oxygen atoms in total. The van der Waals surface area contributed by atoms with E-state index in [-0.39, 0.29) is 68.9 Å². The first-order chi connectivity index (χ1) is 5.95. The molecule has 0 saturated carbocycles.